The fraction of sp³-hybridized carbons (Fsp3) is 0. The molecule has 1 aliphatic heterocycles. The maximum Gasteiger partial charge on any atom is 0.285 e. The highest BCUT2D eigenvalue weighted by molar-refractivity contribution is 8.26. The van der Waals surface area contributed by atoms with E-state index < -0.39 is 16.7 Å². The van der Waals surface area contributed by atoms with E-state index in [1.807, 2.05) is 0 Å². The van der Waals surface area contributed by atoms with Crippen molar-refractivity contribution in [2.24, 2.45) is 0 Å². The quantitative estimate of drug-likeness (QED) is 0.351. The molecule has 2 amide bonds. The third-order valence-electron chi connectivity index (χ3n) is 3.52. The molecule has 0 atom stereocenters. The number of carbonyl (C=O) groups excluding carboxylic acids is 2. The van der Waals surface area contributed by atoms with Crippen molar-refractivity contribution in [1.82, 2.24) is 10.4 Å². The van der Waals surface area contributed by atoms with Crippen LogP contribution < -0.4 is 5.43 Å². The lowest BCUT2D eigenvalue weighted by Gasteiger charge is -2.15. The Bertz CT molecular complexity index is 975. The SMILES string of the molecule is O=C(NN1C(=O)/C(=C/c2ccc([N+](=O)[O-])cc2)SC1=S)c1ccc(Cl)cc1. The van der Waals surface area contributed by atoms with Crippen molar-refractivity contribution >= 4 is 63.5 Å². The van der Waals surface area contributed by atoms with Crippen molar-refractivity contribution in [1.29, 1.82) is 0 Å². The number of non-ortho nitro benzene ring substituents is 1. The molecule has 0 spiro atoms. The van der Waals surface area contributed by atoms with Crippen molar-refractivity contribution in [3.63, 3.8) is 0 Å². The van der Waals surface area contributed by atoms with E-state index in [0.717, 1.165) is 16.8 Å². The smallest absolute Gasteiger partial charge is 0.267 e. The van der Waals surface area contributed by atoms with Crippen molar-refractivity contribution in [2.75, 3.05) is 0 Å². The molecule has 136 valence electrons. The second-order valence-electron chi connectivity index (χ2n) is 5.31. The van der Waals surface area contributed by atoms with Crippen molar-refractivity contribution in [3.8, 4) is 0 Å². The summed E-state index contributed by atoms with van der Waals surface area (Å²) in [5.74, 6) is -0.981. The van der Waals surface area contributed by atoms with E-state index >= 15 is 0 Å². The van der Waals surface area contributed by atoms with Gasteiger partial charge in [0.15, 0.2) is 4.32 Å². The number of nitrogens with zero attached hydrogens (tertiary/aromatic N) is 2. The summed E-state index contributed by atoms with van der Waals surface area (Å²) >= 11 is 12.0. The van der Waals surface area contributed by atoms with Crippen LogP contribution in [0.25, 0.3) is 6.08 Å². The number of benzene rings is 2. The van der Waals surface area contributed by atoms with E-state index in [4.69, 9.17) is 23.8 Å². The molecule has 0 saturated carbocycles. The molecule has 0 unspecified atom stereocenters. The lowest BCUT2D eigenvalue weighted by molar-refractivity contribution is -0.384. The zero-order chi connectivity index (χ0) is 19.6. The average molecular weight is 420 g/mol. The summed E-state index contributed by atoms with van der Waals surface area (Å²) < 4.78 is 0.176. The van der Waals surface area contributed by atoms with Crippen LogP contribution in [-0.4, -0.2) is 26.1 Å². The van der Waals surface area contributed by atoms with Gasteiger partial charge in [-0.1, -0.05) is 23.4 Å². The summed E-state index contributed by atoms with van der Waals surface area (Å²) in [5.41, 5.74) is 3.35. The standard InChI is InChI=1S/C17H10ClN3O4S2/c18-12-5-3-11(4-6-12)15(22)19-20-16(23)14(27-17(20)26)9-10-1-7-13(8-2-10)21(24)25/h1-9H,(H,19,22)/b14-9-. The maximum atomic E-state index is 12.5. The Morgan fingerprint density at radius 2 is 1.81 bits per heavy atom. The van der Waals surface area contributed by atoms with Crippen LogP contribution in [0.3, 0.4) is 0 Å². The minimum atomic E-state index is -0.504. The molecular formula is C17H10ClN3O4S2. The summed E-state index contributed by atoms with van der Waals surface area (Å²) in [7, 11) is 0. The Hall–Kier alpha value is -2.75. The Labute approximate surface area is 168 Å². The predicted octanol–water partition coefficient (Wildman–Crippen LogP) is 3.79. The molecule has 0 bridgehead atoms. The summed E-state index contributed by atoms with van der Waals surface area (Å²) in [4.78, 5) is 35.3. The fourth-order valence-electron chi connectivity index (χ4n) is 2.18. The van der Waals surface area contributed by atoms with Gasteiger partial charge in [0.1, 0.15) is 0 Å². The Kier molecular flexibility index (Phi) is 5.54. The number of amides is 2. The summed E-state index contributed by atoms with van der Waals surface area (Å²) in [6.07, 6.45) is 1.55. The normalized spacial score (nSPS) is 15.3. The van der Waals surface area contributed by atoms with Crippen LogP contribution in [0, 0.1) is 10.1 Å². The minimum Gasteiger partial charge on any atom is -0.267 e. The first-order valence-corrected chi connectivity index (χ1v) is 9.04. The Balaban J connectivity index is 1.75. The minimum absolute atomic E-state index is 0.0464. The first-order chi connectivity index (χ1) is 12.8. The lowest BCUT2D eigenvalue weighted by atomic mass is 10.2. The number of rotatable bonds is 4. The average Bonchev–Trinajstić information content (AvgIpc) is 2.90. The Morgan fingerprint density at radius 3 is 2.41 bits per heavy atom. The van der Waals surface area contributed by atoms with Gasteiger partial charge in [0, 0.05) is 22.7 Å². The largest absolute Gasteiger partial charge is 0.285 e. The van der Waals surface area contributed by atoms with Crippen LogP contribution in [0.2, 0.25) is 5.02 Å². The Morgan fingerprint density at radius 1 is 1.19 bits per heavy atom. The van der Waals surface area contributed by atoms with Gasteiger partial charge in [-0.15, -0.1) is 0 Å². The second-order valence-corrected chi connectivity index (χ2v) is 7.43. The van der Waals surface area contributed by atoms with Crippen LogP contribution >= 0.6 is 35.6 Å². The number of nitro groups is 1. The molecule has 0 aromatic heterocycles. The van der Waals surface area contributed by atoms with Crippen molar-refractivity contribution in [3.05, 3.63) is 79.7 Å². The molecular weight excluding hydrogens is 410 g/mol. The van der Waals surface area contributed by atoms with Crippen LogP contribution in [0.15, 0.2) is 53.4 Å². The van der Waals surface area contributed by atoms with Gasteiger partial charge in [-0.3, -0.25) is 25.1 Å². The van der Waals surface area contributed by atoms with Gasteiger partial charge >= 0.3 is 0 Å². The summed E-state index contributed by atoms with van der Waals surface area (Å²) in [6.45, 7) is 0. The number of nitro benzene ring substituents is 1. The van der Waals surface area contributed by atoms with Crippen molar-refractivity contribution < 1.29 is 14.5 Å². The highest BCUT2D eigenvalue weighted by Gasteiger charge is 2.33. The summed E-state index contributed by atoms with van der Waals surface area (Å²) in [6, 6.07) is 11.9. The van der Waals surface area contributed by atoms with Gasteiger partial charge < -0.3 is 0 Å². The zero-order valence-corrected chi connectivity index (χ0v) is 15.8. The molecule has 2 aromatic carbocycles. The molecule has 1 N–H and O–H groups in total. The van der Waals surface area contributed by atoms with E-state index in [0.29, 0.717) is 21.1 Å². The van der Waals surface area contributed by atoms with Gasteiger partial charge in [0.25, 0.3) is 17.5 Å². The molecule has 10 heteroatoms. The third-order valence-corrected chi connectivity index (χ3v) is 5.07. The number of hydrogen-bond acceptors (Lipinski definition) is 6. The number of halogens is 1. The number of hydrazine groups is 1. The topological polar surface area (TPSA) is 92.6 Å². The highest BCUT2D eigenvalue weighted by atomic mass is 35.5. The number of nitrogens with one attached hydrogen (secondary N) is 1. The fourth-order valence-corrected chi connectivity index (χ4v) is 3.48. The zero-order valence-electron chi connectivity index (χ0n) is 13.4. The molecule has 1 fully saturated rings. The maximum absolute atomic E-state index is 12.5. The molecule has 0 radical (unpaired) electrons. The van der Waals surface area contributed by atoms with Crippen LogP contribution in [0.1, 0.15) is 15.9 Å². The molecule has 27 heavy (non-hydrogen) atoms. The first kappa shape index (κ1) is 19.0. The molecule has 3 rings (SSSR count). The lowest BCUT2D eigenvalue weighted by Crippen LogP contribution is -2.44. The highest BCUT2D eigenvalue weighted by Crippen LogP contribution is 2.31. The monoisotopic (exact) mass is 419 g/mol. The number of thioether (sulfide) groups is 1. The van der Waals surface area contributed by atoms with Gasteiger partial charge in [-0.2, -0.15) is 5.01 Å². The van der Waals surface area contributed by atoms with Crippen LogP contribution in [-0.2, 0) is 4.79 Å². The molecule has 1 aliphatic rings. The molecule has 2 aromatic rings. The summed E-state index contributed by atoms with van der Waals surface area (Å²) in [5, 5.41) is 12.2. The van der Waals surface area contributed by atoms with E-state index in [1.54, 1.807) is 18.2 Å². The van der Waals surface area contributed by atoms with Gasteiger partial charge in [0.05, 0.1) is 9.83 Å². The first-order valence-electron chi connectivity index (χ1n) is 7.44. The van der Waals surface area contributed by atoms with Gasteiger partial charge in [-0.05, 0) is 60.3 Å². The van der Waals surface area contributed by atoms with Crippen LogP contribution in [0.4, 0.5) is 5.69 Å². The van der Waals surface area contributed by atoms with E-state index in [-0.39, 0.29) is 10.0 Å². The van der Waals surface area contributed by atoms with E-state index in [9.17, 15) is 19.7 Å². The number of thiocarbonyl (C=S) groups is 1. The number of hydrogen-bond donors (Lipinski definition) is 1. The third kappa shape index (κ3) is 4.33. The molecule has 7 nitrogen and oxygen atoms in total. The number of carbonyl (C=O) groups is 2. The van der Waals surface area contributed by atoms with Gasteiger partial charge in [0.2, 0.25) is 0 Å². The molecule has 0 aliphatic carbocycles. The molecule has 1 heterocycles. The predicted molar refractivity (Wildman–Crippen MR) is 107 cm³/mol. The second kappa shape index (κ2) is 7.87. The van der Waals surface area contributed by atoms with E-state index in [2.05, 4.69) is 5.43 Å². The molecule has 1 saturated heterocycles. The van der Waals surface area contributed by atoms with Crippen LogP contribution in [0.5, 0.6) is 0 Å². The van der Waals surface area contributed by atoms with Gasteiger partial charge in [-0.25, -0.2) is 0 Å². The van der Waals surface area contributed by atoms with E-state index in [1.165, 1.54) is 36.4 Å². The van der Waals surface area contributed by atoms with Crippen molar-refractivity contribution in [2.45, 2.75) is 0 Å².